The molecule has 0 aliphatic carbocycles. The number of carbonyl (C=O) groups is 1. The number of fused-ring (bicyclic) bond motifs is 1. The van der Waals surface area contributed by atoms with E-state index < -0.39 is 40.0 Å². The third kappa shape index (κ3) is 6.07. The van der Waals surface area contributed by atoms with Gasteiger partial charge >= 0.3 is 11.8 Å². The molecule has 0 fully saturated rings. The van der Waals surface area contributed by atoms with Crippen LogP contribution in [0.5, 0.6) is 5.75 Å². The molecule has 0 saturated heterocycles. The second-order valence-corrected chi connectivity index (χ2v) is 9.87. The topological polar surface area (TPSA) is 140 Å². The predicted molar refractivity (Wildman–Crippen MR) is 138 cm³/mol. The van der Waals surface area contributed by atoms with E-state index in [0.717, 1.165) is 0 Å². The van der Waals surface area contributed by atoms with Gasteiger partial charge in [-0.2, -0.15) is 13.1 Å². The SMILES string of the molecule is CN(C)C(=O)Oc1ccc2c(=O)n(Cc3cccc(NS(=O)(=O)NCc4ccccc4)c3F)c(=O)oc2c1. The number of aromatic nitrogens is 1. The Morgan fingerprint density at radius 2 is 1.79 bits per heavy atom. The van der Waals surface area contributed by atoms with Gasteiger partial charge in [-0.1, -0.05) is 42.5 Å². The minimum absolute atomic E-state index is 0.00312. The number of nitrogens with one attached hydrogen (secondary N) is 2. The molecular formula is C25H23FN4O7S. The molecule has 3 aromatic carbocycles. The molecular weight excluding hydrogens is 519 g/mol. The third-order valence-corrected chi connectivity index (χ3v) is 6.39. The molecule has 0 aliphatic rings. The molecule has 1 amide bonds. The first-order valence-electron chi connectivity index (χ1n) is 11.2. The molecule has 2 N–H and O–H groups in total. The van der Waals surface area contributed by atoms with Gasteiger partial charge in [0.05, 0.1) is 17.6 Å². The minimum Gasteiger partial charge on any atom is -0.410 e. The van der Waals surface area contributed by atoms with Gasteiger partial charge in [0.15, 0.2) is 5.82 Å². The number of amides is 1. The summed E-state index contributed by atoms with van der Waals surface area (Å²) in [4.78, 5) is 38.5. The van der Waals surface area contributed by atoms with E-state index in [1.165, 1.54) is 55.4 Å². The molecule has 11 nitrogen and oxygen atoms in total. The van der Waals surface area contributed by atoms with E-state index in [-0.39, 0.29) is 34.5 Å². The molecule has 0 spiro atoms. The molecule has 4 rings (SSSR count). The van der Waals surface area contributed by atoms with Crippen LogP contribution in [0.2, 0.25) is 0 Å². The average molecular weight is 543 g/mol. The predicted octanol–water partition coefficient (Wildman–Crippen LogP) is 2.65. The summed E-state index contributed by atoms with van der Waals surface area (Å²) in [5.74, 6) is -1.98. The highest BCUT2D eigenvalue weighted by Crippen LogP contribution is 2.21. The standard InChI is InChI=1S/C25H23FN4O7S/c1-29(2)24(32)36-18-11-12-19-21(13-18)37-25(33)30(23(19)31)15-17-9-6-10-20(22(17)26)28-38(34,35)27-14-16-7-4-3-5-8-16/h3-13,27-28H,14-15H2,1-2H3. The van der Waals surface area contributed by atoms with E-state index in [0.29, 0.717) is 10.1 Å². The van der Waals surface area contributed by atoms with E-state index in [9.17, 15) is 22.8 Å². The van der Waals surface area contributed by atoms with Crippen molar-refractivity contribution in [2.24, 2.45) is 0 Å². The van der Waals surface area contributed by atoms with E-state index in [4.69, 9.17) is 9.15 Å². The van der Waals surface area contributed by atoms with Gasteiger partial charge in [0.2, 0.25) is 0 Å². The number of nitrogens with zero attached hydrogens (tertiary/aromatic N) is 2. The van der Waals surface area contributed by atoms with E-state index >= 15 is 4.39 Å². The zero-order valence-corrected chi connectivity index (χ0v) is 21.1. The maximum absolute atomic E-state index is 15.2. The lowest BCUT2D eigenvalue weighted by Gasteiger charge is -2.13. The smallest absolute Gasteiger partial charge is 0.410 e. The highest BCUT2D eigenvalue weighted by molar-refractivity contribution is 7.90. The van der Waals surface area contributed by atoms with Gasteiger partial charge in [0.1, 0.15) is 11.3 Å². The summed E-state index contributed by atoms with van der Waals surface area (Å²) >= 11 is 0. The minimum atomic E-state index is -4.14. The van der Waals surface area contributed by atoms with Crippen molar-refractivity contribution in [3.05, 3.63) is 105 Å². The van der Waals surface area contributed by atoms with Crippen LogP contribution in [0.15, 0.2) is 80.7 Å². The lowest BCUT2D eigenvalue weighted by Crippen LogP contribution is -2.33. The number of hydrogen-bond donors (Lipinski definition) is 2. The summed E-state index contributed by atoms with van der Waals surface area (Å²) in [5, 5.41) is -0.00312. The van der Waals surface area contributed by atoms with Crippen molar-refractivity contribution in [1.82, 2.24) is 14.2 Å². The van der Waals surface area contributed by atoms with Crippen molar-refractivity contribution in [1.29, 1.82) is 0 Å². The van der Waals surface area contributed by atoms with Crippen LogP contribution in [0, 0.1) is 5.82 Å². The molecule has 1 heterocycles. The largest absolute Gasteiger partial charge is 0.422 e. The van der Waals surface area contributed by atoms with Crippen LogP contribution in [0.1, 0.15) is 11.1 Å². The summed E-state index contributed by atoms with van der Waals surface area (Å²) in [7, 11) is -1.16. The van der Waals surface area contributed by atoms with Crippen molar-refractivity contribution in [3.63, 3.8) is 0 Å². The Hall–Kier alpha value is -4.49. The van der Waals surface area contributed by atoms with E-state index in [1.54, 1.807) is 30.3 Å². The van der Waals surface area contributed by atoms with Crippen LogP contribution in [-0.4, -0.2) is 38.1 Å². The van der Waals surface area contributed by atoms with Gasteiger partial charge in [0, 0.05) is 32.3 Å². The zero-order chi connectivity index (χ0) is 27.4. The quantitative estimate of drug-likeness (QED) is 0.349. The van der Waals surface area contributed by atoms with Crippen molar-refractivity contribution in [3.8, 4) is 5.75 Å². The van der Waals surface area contributed by atoms with Crippen LogP contribution >= 0.6 is 0 Å². The highest BCUT2D eigenvalue weighted by atomic mass is 32.2. The molecule has 1 aromatic heterocycles. The molecule has 38 heavy (non-hydrogen) atoms. The van der Waals surface area contributed by atoms with Crippen LogP contribution < -0.4 is 25.5 Å². The molecule has 0 aliphatic heterocycles. The number of rotatable bonds is 8. The first kappa shape index (κ1) is 26.6. The molecule has 0 saturated carbocycles. The van der Waals surface area contributed by atoms with Crippen LogP contribution in [0.4, 0.5) is 14.9 Å². The highest BCUT2D eigenvalue weighted by Gasteiger charge is 2.18. The van der Waals surface area contributed by atoms with Gasteiger partial charge in [-0.25, -0.2) is 18.5 Å². The van der Waals surface area contributed by atoms with Gasteiger partial charge < -0.3 is 14.1 Å². The summed E-state index contributed by atoms with van der Waals surface area (Å²) in [6.45, 7) is -0.533. The van der Waals surface area contributed by atoms with E-state index in [1.807, 2.05) is 0 Å². The van der Waals surface area contributed by atoms with Crippen molar-refractivity contribution in [2.75, 3.05) is 18.8 Å². The van der Waals surface area contributed by atoms with Crippen LogP contribution in [0.3, 0.4) is 0 Å². The Morgan fingerprint density at radius 3 is 2.50 bits per heavy atom. The van der Waals surface area contributed by atoms with Gasteiger partial charge in [-0.15, -0.1) is 0 Å². The fourth-order valence-electron chi connectivity index (χ4n) is 3.44. The van der Waals surface area contributed by atoms with Crippen molar-refractivity contribution < 1.29 is 26.8 Å². The Kier molecular flexibility index (Phi) is 7.60. The zero-order valence-electron chi connectivity index (χ0n) is 20.3. The van der Waals surface area contributed by atoms with Crippen molar-refractivity contribution >= 4 is 33.0 Å². The second kappa shape index (κ2) is 10.9. The maximum atomic E-state index is 15.2. The fourth-order valence-corrected chi connectivity index (χ4v) is 4.32. The Labute approximate surface area is 216 Å². The van der Waals surface area contributed by atoms with Crippen LogP contribution in [0.25, 0.3) is 11.0 Å². The lowest BCUT2D eigenvalue weighted by atomic mass is 10.2. The molecule has 4 aromatic rings. The Balaban J connectivity index is 1.57. The van der Waals surface area contributed by atoms with Gasteiger partial charge in [0.25, 0.3) is 15.8 Å². The first-order valence-corrected chi connectivity index (χ1v) is 12.7. The molecule has 13 heteroatoms. The lowest BCUT2D eigenvalue weighted by molar-refractivity contribution is 0.172. The summed E-state index contributed by atoms with van der Waals surface area (Å²) < 4.78 is 55.5. The molecule has 0 bridgehead atoms. The van der Waals surface area contributed by atoms with Gasteiger partial charge in [-0.3, -0.25) is 9.52 Å². The number of halogens is 1. The molecule has 198 valence electrons. The number of hydrogen-bond acceptors (Lipinski definition) is 7. The fraction of sp³-hybridized carbons (Fsp3) is 0.160. The second-order valence-electron chi connectivity index (χ2n) is 8.37. The normalized spacial score (nSPS) is 11.3. The first-order chi connectivity index (χ1) is 18.0. The number of ether oxygens (including phenoxy) is 1. The molecule has 0 radical (unpaired) electrons. The molecule has 0 unspecified atom stereocenters. The third-order valence-electron chi connectivity index (χ3n) is 5.38. The summed E-state index contributed by atoms with van der Waals surface area (Å²) in [5.41, 5.74) is -0.673. The van der Waals surface area contributed by atoms with Gasteiger partial charge in [-0.05, 0) is 23.8 Å². The number of carbonyl (C=O) groups excluding carboxylic acids is 1. The Morgan fingerprint density at radius 1 is 1.05 bits per heavy atom. The van der Waals surface area contributed by atoms with Crippen LogP contribution in [-0.2, 0) is 23.3 Å². The average Bonchev–Trinajstić information content (AvgIpc) is 2.87. The Bertz CT molecular complexity index is 1720. The number of anilines is 1. The molecule has 0 atom stereocenters. The summed E-state index contributed by atoms with van der Waals surface area (Å²) in [6.07, 6.45) is -0.665. The van der Waals surface area contributed by atoms with Crippen molar-refractivity contribution in [2.45, 2.75) is 13.1 Å². The van der Waals surface area contributed by atoms with E-state index in [2.05, 4.69) is 9.44 Å². The maximum Gasteiger partial charge on any atom is 0.422 e. The summed E-state index contributed by atoms with van der Waals surface area (Å²) in [6, 6.07) is 16.6. The number of benzene rings is 3. The monoisotopic (exact) mass is 542 g/mol.